The van der Waals surface area contributed by atoms with Gasteiger partial charge in [-0.1, -0.05) is 30.3 Å². The second-order valence-electron chi connectivity index (χ2n) is 4.95. The van der Waals surface area contributed by atoms with Crippen LogP contribution in [0.25, 0.3) is 6.08 Å². The number of amides is 1. The molecule has 5 nitrogen and oxygen atoms in total. The van der Waals surface area contributed by atoms with Gasteiger partial charge in [0.2, 0.25) is 0 Å². The van der Waals surface area contributed by atoms with Crippen LogP contribution in [0, 0.1) is 11.3 Å². The van der Waals surface area contributed by atoms with E-state index < -0.39 is 0 Å². The summed E-state index contributed by atoms with van der Waals surface area (Å²) in [7, 11) is 0. The molecule has 1 saturated heterocycles. The number of nitrogens with one attached hydrogen (secondary N) is 2. The first-order valence-corrected chi connectivity index (χ1v) is 7.16. The first kappa shape index (κ1) is 15.2. The molecule has 0 bridgehead atoms. The zero-order chi connectivity index (χ0) is 14.9. The van der Waals surface area contributed by atoms with E-state index in [4.69, 9.17) is 10.00 Å². The van der Waals surface area contributed by atoms with Gasteiger partial charge in [0.25, 0.3) is 5.91 Å². The highest BCUT2D eigenvalue weighted by molar-refractivity contribution is 6.01. The number of nitriles is 1. The number of rotatable bonds is 5. The number of carbonyl (C=O) groups excluding carboxylic acids is 1. The Bertz CT molecular complexity index is 528. The molecule has 1 aliphatic heterocycles. The predicted octanol–water partition coefficient (Wildman–Crippen LogP) is -0.375. The lowest BCUT2D eigenvalue weighted by Crippen LogP contribution is -3.14. The van der Waals surface area contributed by atoms with E-state index >= 15 is 0 Å². The molecule has 1 fully saturated rings. The Morgan fingerprint density at radius 3 is 2.71 bits per heavy atom. The molecular weight excluding hydrogens is 266 g/mol. The molecule has 1 aromatic rings. The largest absolute Gasteiger partial charge is 0.370 e. The van der Waals surface area contributed by atoms with Gasteiger partial charge in [-0.15, -0.1) is 0 Å². The first-order chi connectivity index (χ1) is 10.3. The van der Waals surface area contributed by atoms with Gasteiger partial charge in [0.15, 0.2) is 0 Å². The van der Waals surface area contributed by atoms with Crippen LogP contribution < -0.4 is 10.2 Å². The van der Waals surface area contributed by atoms with Crippen molar-refractivity contribution >= 4 is 12.0 Å². The minimum Gasteiger partial charge on any atom is -0.370 e. The summed E-state index contributed by atoms with van der Waals surface area (Å²) in [6.07, 6.45) is 1.61. The molecule has 0 aromatic heterocycles. The van der Waals surface area contributed by atoms with E-state index in [1.165, 1.54) is 4.90 Å². The van der Waals surface area contributed by atoms with Gasteiger partial charge in [0.1, 0.15) is 24.7 Å². The molecular formula is C16H20N3O2+. The number of hydrogen-bond donors (Lipinski definition) is 2. The van der Waals surface area contributed by atoms with Crippen LogP contribution in [0.4, 0.5) is 0 Å². The van der Waals surface area contributed by atoms with Crippen molar-refractivity contribution in [3.8, 4) is 6.07 Å². The number of nitrogens with zero attached hydrogens (tertiary/aromatic N) is 1. The minimum atomic E-state index is -0.311. The quantitative estimate of drug-likeness (QED) is 0.573. The van der Waals surface area contributed by atoms with Gasteiger partial charge in [-0.05, 0) is 11.6 Å². The second-order valence-corrected chi connectivity index (χ2v) is 4.95. The van der Waals surface area contributed by atoms with Crippen molar-refractivity contribution < 1.29 is 14.4 Å². The van der Waals surface area contributed by atoms with Gasteiger partial charge in [-0.3, -0.25) is 4.79 Å². The number of quaternary nitrogens is 1. The molecule has 1 aliphatic rings. The Morgan fingerprint density at radius 2 is 2.05 bits per heavy atom. The summed E-state index contributed by atoms with van der Waals surface area (Å²) in [6.45, 7) is 4.93. The van der Waals surface area contributed by atoms with Crippen LogP contribution in [0.2, 0.25) is 0 Å². The minimum absolute atomic E-state index is 0.137. The number of morpholine rings is 1. The van der Waals surface area contributed by atoms with Crippen LogP contribution in [0.15, 0.2) is 35.9 Å². The number of benzene rings is 1. The molecule has 0 saturated carbocycles. The third-order valence-corrected chi connectivity index (χ3v) is 3.44. The third kappa shape index (κ3) is 5.03. The van der Waals surface area contributed by atoms with Crippen molar-refractivity contribution in [2.45, 2.75) is 0 Å². The van der Waals surface area contributed by atoms with E-state index in [2.05, 4.69) is 5.32 Å². The van der Waals surface area contributed by atoms with Crippen LogP contribution in [-0.4, -0.2) is 45.3 Å². The molecule has 1 amide bonds. The van der Waals surface area contributed by atoms with E-state index in [1.54, 1.807) is 6.08 Å². The summed E-state index contributed by atoms with van der Waals surface area (Å²) in [4.78, 5) is 13.4. The molecule has 0 spiro atoms. The fraction of sp³-hybridized carbons (Fsp3) is 0.375. The fourth-order valence-corrected chi connectivity index (χ4v) is 2.22. The van der Waals surface area contributed by atoms with E-state index in [9.17, 15) is 4.79 Å². The molecule has 110 valence electrons. The number of carbonyl (C=O) groups is 1. The average Bonchev–Trinajstić information content (AvgIpc) is 2.54. The predicted molar refractivity (Wildman–Crippen MR) is 79.4 cm³/mol. The zero-order valence-electron chi connectivity index (χ0n) is 12.0. The van der Waals surface area contributed by atoms with Crippen molar-refractivity contribution in [3.05, 3.63) is 41.5 Å². The lowest BCUT2D eigenvalue weighted by Gasteiger charge is -2.23. The maximum absolute atomic E-state index is 12.0. The molecule has 2 N–H and O–H groups in total. The fourth-order valence-electron chi connectivity index (χ4n) is 2.22. The molecule has 0 unspecified atom stereocenters. The standard InChI is InChI=1S/C16H19N3O2/c17-13-15(12-14-4-2-1-3-5-14)16(20)18-6-7-19-8-10-21-11-9-19/h1-5,12H,6-11H2,(H,18,20)/p+1/b15-12-. The Kier molecular flexibility index (Phi) is 5.95. The Balaban J connectivity index is 1.83. The van der Waals surface area contributed by atoms with Gasteiger partial charge in [-0.2, -0.15) is 5.26 Å². The van der Waals surface area contributed by atoms with Crippen molar-refractivity contribution in [3.63, 3.8) is 0 Å². The number of hydrogen-bond acceptors (Lipinski definition) is 3. The second kappa shape index (κ2) is 8.20. The van der Waals surface area contributed by atoms with Crippen LogP contribution in [0.1, 0.15) is 5.56 Å². The van der Waals surface area contributed by atoms with Crippen LogP contribution in [0.5, 0.6) is 0 Å². The summed E-state index contributed by atoms with van der Waals surface area (Å²) in [5.74, 6) is -0.311. The van der Waals surface area contributed by atoms with Gasteiger partial charge in [0.05, 0.1) is 26.3 Å². The van der Waals surface area contributed by atoms with Crippen molar-refractivity contribution in [1.82, 2.24) is 5.32 Å². The maximum Gasteiger partial charge on any atom is 0.262 e. The average molecular weight is 286 g/mol. The van der Waals surface area contributed by atoms with E-state index in [1.807, 2.05) is 36.4 Å². The first-order valence-electron chi connectivity index (χ1n) is 7.16. The lowest BCUT2D eigenvalue weighted by molar-refractivity contribution is -0.906. The Hall–Kier alpha value is -2.16. The summed E-state index contributed by atoms with van der Waals surface area (Å²) < 4.78 is 5.29. The van der Waals surface area contributed by atoms with Crippen LogP contribution in [-0.2, 0) is 9.53 Å². The normalized spacial score (nSPS) is 16.2. The smallest absolute Gasteiger partial charge is 0.262 e. The van der Waals surface area contributed by atoms with Gasteiger partial charge < -0.3 is 15.0 Å². The van der Waals surface area contributed by atoms with Crippen molar-refractivity contribution in [2.24, 2.45) is 0 Å². The SMILES string of the molecule is N#C/C(=C/c1ccccc1)C(=O)NCC[NH+]1CCOCC1. The van der Waals surface area contributed by atoms with Crippen LogP contribution in [0.3, 0.4) is 0 Å². The van der Waals surface area contributed by atoms with Crippen molar-refractivity contribution in [1.29, 1.82) is 5.26 Å². The Labute approximate surface area is 124 Å². The zero-order valence-corrected chi connectivity index (χ0v) is 12.0. The molecule has 0 atom stereocenters. The highest BCUT2D eigenvalue weighted by Crippen LogP contribution is 2.05. The Morgan fingerprint density at radius 1 is 1.33 bits per heavy atom. The molecule has 0 radical (unpaired) electrons. The molecule has 5 heteroatoms. The van der Waals surface area contributed by atoms with Crippen molar-refractivity contribution in [2.75, 3.05) is 39.4 Å². The van der Waals surface area contributed by atoms with Gasteiger partial charge >= 0.3 is 0 Å². The summed E-state index contributed by atoms with van der Waals surface area (Å²) in [5, 5.41) is 11.9. The summed E-state index contributed by atoms with van der Waals surface area (Å²) >= 11 is 0. The van der Waals surface area contributed by atoms with E-state index in [-0.39, 0.29) is 11.5 Å². The molecule has 0 aliphatic carbocycles. The van der Waals surface area contributed by atoms with E-state index in [0.717, 1.165) is 38.4 Å². The highest BCUT2D eigenvalue weighted by atomic mass is 16.5. The molecule has 2 rings (SSSR count). The molecule has 21 heavy (non-hydrogen) atoms. The highest BCUT2D eigenvalue weighted by Gasteiger charge is 2.14. The summed E-state index contributed by atoms with van der Waals surface area (Å²) in [5.41, 5.74) is 0.987. The van der Waals surface area contributed by atoms with Crippen LogP contribution >= 0.6 is 0 Å². The topological polar surface area (TPSA) is 66.6 Å². The molecule has 1 heterocycles. The van der Waals surface area contributed by atoms with Gasteiger partial charge in [-0.25, -0.2) is 0 Å². The maximum atomic E-state index is 12.0. The van der Waals surface area contributed by atoms with Gasteiger partial charge in [0, 0.05) is 0 Å². The summed E-state index contributed by atoms with van der Waals surface area (Å²) in [6, 6.07) is 11.3. The third-order valence-electron chi connectivity index (χ3n) is 3.44. The monoisotopic (exact) mass is 286 g/mol. The number of ether oxygens (including phenoxy) is 1. The molecule has 1 aromatic carbocycles. The lowest BCUT2D eigenvalue weighted by atomic mass is 10.1. The van der Waals surface area contributed by atoms with E-state index in [0.29, 0.717) is 6.54 Å².